The zero-order valence-electron chi connectivity index (χ0n) is 9.46. The number of benzene rings is 1. The number of nitrogens with one attached hydrogen (secondary N) is 1. The van der Waals surface area contributed by atoms with Gasteiger partial charge in [-0.3, -0.25) is 0 Å². The van der Waals surface area contributed by atoms with Gasteiger partial charge in [0.2, 0.25) is 10.0 Å². The second kappa shape index (κ2) is 4.71. The number of hydrogen-bond acceptors (Lipinski definition) is 4. The minimum atomic E-state index is -3.54. The summed E-state index contributed by atoms with van der Waals surface area (Å²) < 4.78 is 27.9. The molecule has 0 aliphatic heterocycles. The number of nitrogens with two attached hydrogens (primary N) is 1. The molecule has 0 bridgehead atoms. The molecule has 0 aliphatic carbocycles. The van der Waals surface area contributed by atoms with Crippen LogP contribution in [0.1, 0.15) is 0 Å². The minimum Gasteiger partial charge on any atom is -0.398 e. The molecule has 2 aromatic rings. The first-order valence-electron chi connectivity index (χ1n) is 4.97. The van der Waals surface area contributed by atoms with E-state index in [9.17, 15) is 8.42 Å². The standard InChI is InChI=1S/C10H11BrN4O2S/c1-13-18(16,17)10-3-2-8(4-9(10)12)15-6-7(11)5-14-15/h2-6,13H,12H2,1H3. The summed E-state index contributed by atoms with van der Waals surface area (Å²) in [6.07, 6.45) is 3.38. The second-order valence-corrected chi connectivity index (χ2v) is 6.30. The second-order valence-electron chi connectivity index (χ2n) is 3.53. The van der Waals surface area contributed by atoms with Crippen LogP contribution in [0.15, 0.2) is 40.0 Å². The fraction of sp³-hybridized carbons (Fsp3) is 0.100. The molecule has 0 saturated carbocycles. The van der Waals surface area contributed by atoms with Gasteiger partial charge in [-0.25, -0.2) is 17.8 Å². The Hall–Kier alpha value is -1.38. The largest absolute Gasteiger partial charge is 0.398 e. The van der Waals surface area contributed by atoms with Crippen molar-refractivity contribution in [1.29, 1.82) is 0 Å². The molecule has 1 heterocycles. The van der Waals surface area contributed by atoms with Gasteiger partial charge in [-0.2, -0.15) is 5.10 Å². The Labute approximate surface area is 113 Å². The maximum atomic E-state index is 11.7. The highest BCUT2D eigenvalue weighted by Crippen LogP contribution is 2.22. The summed E-state index contributed by atoms with van der Waals surface area (Å²) in [5, 5.41) is 4.09. The fourth-order valence-corrected chi connectivity index (χ4v) is 2.60. The van der Waals surface area contributed by atoms with Crippen LogP contribution in [0, 0.1) is 0 Å². The highest BCUT2D eigenvalue weighted by Gasteiger charge is 2.15. The average Bonchev–Trinajstić information content (AvgIpc) is 2.75. The van der Waals surface area contributed by atoms with Crippen molar-refractivity contribution in [2.45, 2.75) is 4.90 Å². The third kappa shape index (κ3) is 2.40. The van der Waals surface area contributed by atoms with Crippen LogP contribution in [-0.2, 0) is 10.0 Å². The van der Waals surface area contributed by atoms with E-state index in [4.69, 9.17) is 5.73 Å². The van der Waals surface area contributed by atoms with E-state index in [-0.39, 0.29) is 10.6 Å². The minimum absolute atomic E-state index is 0.0555. The first kappa shape index (κ1) is 13.1. The van der Waals surface area contributed by atoms with E-state index in [0.717, 1.165) is 4.47 Å². The lowest BCUT2D eigenvalue weighted by molar-refractivity contribution is 0.588. The van der Waals surface area contributed by atoms with E-state index in [2.05, 4.69) is 25.8 Å². The Morgan fingerprint density at radius 3 is 2.67 bits per heavy atom. The van der Waals surface area contributed by atoms with E-state index in [1.807, 2.05) is 0 Å². The molecule has 96 valence electrons. The Morgan fingerprint density at radius 2 is 2.17 bits per heavy atom. The van der Waals surface area contributed by atoms with Gasteiger partial charge in [0.1, 0.15) is 4.90 Å². The molecule has 0 radical (unpaired) electrons. The van der Waals surface area contributed by atoms with Crippen LogP contribution in [0.3, 0.4) is 0 Å². The number of rotatable bonds is 3. The van der Waals surface area contributed by atoms with E-state index in [1.54, 1.807) is 29.2 Å². The van der Waals surface area contributed by atoms with Crippen LogP contribution in [0.4, 0.5) is 5.69 Å². The molecule has 0 unspecified atom stereocenters. The van der Waals surface area contributed by atoms with Gasteiger partial charge in [0.05, 0.1) is 22.0 Å². The van der Waals surface area contributed by atoms with E-state index < -0.39 is 10.0 Å². The third-order valence-corrected chi connectivity index (χ3v) is 4.27. The van der Waals surface area contributed by atoms with Gasteiger partial charge in [-0.1, -0.05) is 0 Å². The number of halogens is 1. The molecule has 18 heavy (non-hydrogen) atoms. The zero-order chi connectivity index (χ0) is 13.3. The number of aromatic nitrogens is 2. The molecule has 2 rings (SSSR count). The first-order chi connectivity index (χ1) is 8.44. The van der Waals surface area contributed by atoms with E-state index >= 15 is 0 Å². The zero-order valence-corrected chi connectivity index (χ0v) is 11.9. The molecule has 8 heteroatoms. The highest BCUT2D eigenvalue weighted by atomic mass is 79.9. The van der Waals surface area contributed by atoms with Gasteiger partial charge < -0.3 is 5.73 Å². The Kier molecular flexibility index (Phi) is 3.42. The molecular formula is C10H11BrN4O2S. The summed E-state index contributed by atoms with van der Waals surface area (Å²) in [4.78, 5) is 0.0555. The fourth-order valence-electron chi connectivity index (χ4n) is 1.48. The molecule has 0 aliphatic rings. The molecule has 1 aromatic carbocycles. The Bertz CT molecular complexity index is 681. The average molecular weight is 331 g/mol. The quantitative estimate of drug-likeness (QED) is 0.825. The summed E-state index contributed by atoms with van der Waals surface area (Å²) in [6.45, 7) is 0. The highest BCUT2D eigenvalue weighted by molar-refractivity contribution is 9.10. The molecule has 0 fully saturated rings. The van der Waals surface area contributed by atoms with Crippen LogP contribution in [0.2, 0.25) is 0 Å². The molecule has 1 aromatic heterocycles. The van der Waals surface area contributed by atoms with E-state index in [1.165, 1.54) is 13.1 Å². The summed E-state index contributed by atoms with van der Waals surface area (Å²) in [6, 6.07) is 4.65. The molecule has 0 spiro atoms. The van der Waals surface area contributed by atoms with Gasteiger partial charge in [0.25, 0.3) is 0 Å². The van der Waals surface area contributed by atoms with Crippen molar-refractivity contribution in [1.82, 2.24) is 14.5 Å². The van der Waals surface area contributed by atoms with Gasteiger partial charge in [-0.15, -0.1) is 0 Å². The van der Waals surface area contributed by atoms with Crippen molar-refractivity contribution in [3.05, 3.63) is 35.1 Å². The summed E-state index contributed by atoms with van der Waals surface area (Å²) >= 11 is 3.28. The van der Waals surface area contributed by atoms with Crippen LogP contribution in [-0.4, -0.2) is 25.2 Å². The van der Waals surface area contributed by atoms with Crippen molar-refractivity contribution in [2.75, 3.05) is 12.8 Å². The molecule has 0 amide bonds. The summed E-state index contributed by atoms with van der Waals surface area (Å²) in [5.41, 5.74) is 6.62. The van der Waals surface area contributed by atoms with E-state index in [0.29, 0.717) is 5.69 Å². The third-order valence-electron chi connectivity index (χ3n) is 2.37. The van der Waals surface area contributed by atoms with Crippen molar-refractivity contribution in [2.24, 2.45) is 0 Å². The van der Waals surface area contributed by atoms with Crippen molar-refractivity contribution < 1.29 is 8.42 Å². The Morgan fingerprint density at radius 1 is 1.44 bits per heavy atom. The normalized spacial score (nSPS) is 11.7. The molecular weight excluding hydrogens is 320 g/mol. The number of sulfonamides is 1. The van der Waals surface area contributed by atoms with Crippen LogP contribution >= 0.6 is 15.9 Å². The van der Waals surface area contributed by atoms with Gasteiger partial charge >= 0.3 is 0 Å². The van der Waals surface area contributed by atoms with Gasteiger partial charge in [0.15, 0.2) is 0 Å². The maximum absolute atomic E-state index is 11.7. The lowest BCUT2D eigenvalue weighted by Gasteiger charge is -2.08. The monoisotopic (exact) mass is 330 g/mol. The SMILES string of the molecule is CNS(=O)(=O)c1ccc(-n2cc(Br)cn2)cc1N. The lowest BCUT2D eigenvalue weighted by Crippen LogP contribution is -2.20. The van der Waals surface area contributed by atoms with Crippen LogP contribution in [0.25, 0.3) is 5.69 Å². The predicted molar refractivity (Wildman–Crippen MR) is 71.9 cm³/mol. The van der Waals surface area contributed by atoms with Crippen LogP contribution in [0.5, 0.6) is 0 Å². The number of anilines is 1. The summed E-state index contributed by atoms with van der Waals surface area (Å²) in [7, 11) is -2.20. The predicted octanol–water partition coefficient (Wildman–Crippen LogP) is 1.13. The van der Waals surface area contributed by atoms with Gasteiger partial charge in [0, 0.05) is 6.20 Å². The molecule has 0 atom stereocenters. The molecule has 3 N–H and O–H groups in total. The van der Waals surface area contributed by atoms with Crippen LogP contribution < -0.4 is 10.5 Å². The lowest BCUT2D eigenvalue weighted by atomic mass is 10.3. The van der Waals surface area contributed by atoms with Crippen molar-refractivity contribution in [3.63, 3.8) is 0 Å². The smallest absolute Gasteiger partial charge is 0.242 e. The summed E-state index contributed by atoms with van der Waals surface area (Å²) in [5.74, 6) is 0. The first-order valence-corrected chi connectivity index (χ1v) is 7.25. The topological polar surface area (TPSA) is 90.0 Å². The Balaban J connectivity index is 2.49. The number of nitrogens with zero attached hydrogens (tertiary/aromatic N) is 2. The molecule has 0 saturated heterocycles. The maximum Gasteiger partial charge on any atom is 0.242 e. The van der Waals surface area contributed by atoms with Gasteiger partial charge in [-0.05, 0) is 41.2 Å². The number of hydrogen-bond donors (Lipinski definition) is 2. The van der Waals surface area contributed by atoms with Crippen molar-refractivity contribution in [3.8, 4) is 5.69 Å². The number of nitrogen functional groups attached to an aromatic ring is 1. The van der Waals surface area contributed by atoms with Crippen molar-refractivity contribution >= 4 is 31.6 Å². The molecule has 6 nitrogen and oxygen atoms in total.